The first-order valence-corrected chi connectivity index (χ1v) is 10.6. The Morgan fingerprint density at radius 3 is 2.11 bits per heavy atom. The number of nitrogens with zero attached hydrogens (tertiary/aromatic N) is 3. The smallest absolute Gasteiger partial charge is 0.187 e. The minimum Gasteiger partial charge on any atom is -0.381 e. The van der Waals surface area contributed by atoms with Crippen LogP contribution in [0, 0.1) is 5.92 Å². The molecular formula is C17H31N7O2S2. The first kappa shape index (κ1) is 22.9. The van der Waals surface area contributed by atoms with Crippen LogP contribution in [0.4, 0.5) is 0 Å². The predicted molar refractivity (Wildman–Crippen MR) is 120 cm³/mol. The van der Waals surface area contributed by atoms with Gasteiger partial charge in [-0.15, -0.1) is 0 Å². The Morgan fingerprint density at radius 2 is 1.46 bits per heavy atom. The monoisotopic (exact) mass is 429 g/mol. The number of thiocarbonyl (C=S) groups is 2. The molecule has 9 nitrogen and oxygen atoms in total. The van der Waals surface area contributed by atoms with Crippen LogP contribution in [0.3, 0.4) is 0 Å². The van der Waals surface area contributed by atoms with Gasteiger partial charge >= 0.3 is 0 Å². The van der Waals surface area contributed by atoms with Crippen molar-refractivity contribution in [3.8, 4) is 0 Å². The Balaban J connectivity index is 1.44. The van der Waals surface area contributed by atoms with E-state index in [0.717, 1.165) is 84.3 Å². The van der Waals surface area contributed by atoms with Gasteiger partial charge in [-0.3, -0.25) is 15.8 Å². The standard InChI is InChI=1S/C17H31N7O2S2/c27-16(18-4-1-15-2-11-25-12-3-15)22-20-5-6-21-23-17(28)19-7-8-24-9-13-26-14-10-24/h5-6,15H,1-4,7-14H2,(H2,18,22,27)(H2,19,23,28)/b20-5+,21-6+. The molecule has 2 aliphatic heterocycles. The number of rotatable bonds is 9. The second-order valence-corrected chi connectivity index (χ2v) is 7.41. The maximum absolute atomic E-state index is 5.36. The highest BCUT2D eigenvalue weighted by Gasteiger charge is 2.13. The third kappa shape index (κ3) is 10.8. The van der Waals surface area contributed by atoms with Gasteiger partial charge in [0.05, 0.1) is 25.6 Å². The molecule has 0 bridgehead atoms. The molecule has 2 aliphatic rings. The quantitative estimate of drug-likeness (QED) is 0.230. The molecule has 2 heterocycles. The molecule has 0 unspecified atom stereocenters. The van der Waals surface area contributed by atoms with Gasteiger partial charge in [0, 0.05) is 45.9 Å². The van der Waals surface area contributed by atoms with E-state index in [0.29, 0.717) is 10.2 Å². The normalized spacial score (nSPS) is 19.0. The van der Waals surface area contributed by atoms with Gasteiger partial charge in [0.2, 0.25) is 0 Å². The molecule has 28 heavy (non-hydrogen) atoms. The zero-order chi connectivity index (χ0) is 19.9. The fraction of sp³-hybridized carbons (Fsp3) is 0.765. The van der Waals surface area contributed by atoms with E-state index in [4.69, 9.17) is 33.9 Å². The molecule has 0 saturated carbocycles. The van der Waals surface area contributed by atoms with Crippen molar-refractivity contribution in [2.24, 2.45) is 16.1 Å². The Labute approximate surface area is 177 Å². The van der Waals surface area contributed by atoms with Crippen molar-refractivity contribution in [3.63, 3.8) is 0 Å². The SMILES string of the molecule is S=C(NCCC1CCOCC1)N/N=C/C=N/NC(=S)NCCN1CCOCC1. The summed E-state index contributed by atoms with van der Waals surface area (Å²) in [6.45, 7) is 7.82. The number of hydrogen-bond donors (Lipinski definition) is 4. The third-order valence-electron chi connectivity index (χ3n) is 4.54. The van der Waals surface area contributed by atoms with Crippen LogP contribution in [0.1, 0.15) is 19.3 Å². The minimum atomic E-state index is 0.483. The summed E-state index contributed by atoms with van der Waals surface area (Å²) in [5.41, 5.74) is 5.51. The van der Waals surface area contributed by atoms with Gasteiger partial charge < -0.3 is 20.1 Å². The van der Waals surface area contributed by atoms with Crippen molar-refractivity contribution < 1.29 is 9.47 Å². The molecule has 0 aromatic rings. The van der Waals surface area contributed by atoms with Crippen LogP contribution in [0.5, 0.6) is 0 Å². The lowest BCUT2D eigenvalue weighted by molar-refractivity contribution is 0.0389. The lowest BCUT2D eigenvalue weighted by Crippen LogP contribution is -2.42. The Hall–Kier alpha value is -1.40. The van der Waals surface area contributed by atoms with Crippen LogP contribution in [0.2, 0.25) is 0 Å². The zero-order valence-electron chi connectivity index (χ0n) is 16.2. The molecule has 2 saturated heterocycles. The molecule has 0 spiro atoms. The summed E-state index contributed by atoms with van der Waals surface area (Å²) in [6, 6.07) is 0. The van der Waals surface area contributed by atoms with Gasteiger partial charge in [-0.05, 0) is 49.6 Å². The van der Waals surface area contributed by atoms with E-state index in [9.17, 15) is 0 Å². The highest BCUT2D eigenvalue weighted by Crippen LogP contribution is 2.17. The maximum atomic E-state index is 5.36. The van der Waals surface area contributed by atoms with E-state index in [1.807, 2.05) is 0 Å². The van der Waals surface area contributed by atoms with E-state index < -0.39 is 0 Å². The van der Waals surface area contributed by atoms with Gasteiger partial charge in [0.1, 0.15) is 0 Å². The van der Waals surface area contributed by atoms with Crippen LogP contribution in [-0.2, 0) is 9.47 Å². The van der Waals surface area contributed by atoms with Crippen LogP contribution in [0.25, 0.3) is 0 Å². The minimum absolute atomic E-state index is 0.483. The van der Waals surface area contributed by atoms with E-state index in [2.05, 4.69) is 36.6 Å². The van der Waals surface area contributed by atoms with E-state index >= 15 is 0 Å². The molecule has 4 N–H and O–H groups in total. The lowest BCUT2D eigenvalue weighted by Gasteiger charge is -2.26. The average molecular weight is 430 g/mol. The molecule has 0 radical (unpaired) electrons. The number of ether oxygens (including phenoxy) is 2. The van der Waals surface area contributed by atoms with Crippen molar-refractivity contribution in [1.29, 1.82) is 0 Å². The molecule has 11 heteroatoms. The number of hydrogen-bond acceptors (Lipinski definition) is 7. The fourth-order valence-electron chi connectivity index (χ4n) is 2.91. The topological polar surface area (TPSA) is 94.5 Å². The van der Waals surface area contributed by atoms with Crippen LogP contribution in [-0.4, -0.2) is 86.7 Å². The number of hydrazone groups is 2. The number of morpholine rings is 1. The van der Waals surface area contributed by atoms with Crippen LogP contribution >= 0.6 is 24.4 Å². The fourth-order valence-corrected chi connectivity index (χ4v) is 3.22. The van der Waals surface area contributed by atoms with E-state index in [-0.39, 0.29) is 0 Å². The van der Waals surface area contributed by atoms with Crippen molar-refractivity contribution in [3.05, 3.63) is 0 Å². The summed E-state index contributed by atoms with van der Waals surface area (Å²) in [7, 11) is 0. The van der Waals surface area contributed by atoms with Crippen molar-refractivity contribution >= 4 is 47.1 Å². The van der Waals surface area contributed by atoms with Gasteiger partial charge in [0.25, 0.3) is 0 Å². The molecule has 2 rings (SSSR count). The summed E-state index contributed by atoms with van der Waals surface area (Å²) < 4.78 is 10.7. The summed E-state index contributed by atoms with van der Waals surface area (Å²) in [6.07, 6.45) is 6.38. The van der Waals surface area contributed by atoms with Crippen molar-refractivity contribution in [1.82, 2.24) is 26.4 Å². The predicted octanol–water partition coefficient (Wildman–Crippen LogP) is 0.0351. The zero-order valence-corrected chi connectivity index (χ0v) is 17.8. The Kier molecular flexibility index (Phi) is 11.9. The molecular weight excluding hydrogens is 398 g/mol. The highest BCUT2D eigenvalue weighted by molar-refractivity contribution is 7.80. The number of nitrogens with one attached hydrogen (secondary N) is 4. The maximum Gasteiger partial charge on any atom is 0.187 e. The summed E-state index contributed by atoms with van der Waals surface area (Å²) in [5, 5.41) is 15.2. The average Bonchev–Trinajstić information content (AvgIpc) is 2.72. The van der Waals surface area contributed by atoms with Crippen molar-refractivity contribution in [2.75, 3.05) is 59.2 Å². The molecule has 0 atom stereocenters. The molecule has 0 aliphatic carbocycles. The van der Waals surface area contributed by atoms with E-state index in [1.165, 1.54) is 12.4 Å². The molecule has 158 valence electrons. The van der Waals surface area contributed by atoms with Crippen LogP contribution < -0.4 is 21.5 Å². The highest BCUT2D eigenvalue weighted by atomic mass is 32.1. The first-order chi connectivity index (χ1) is 13.7. The largest absolute Gasteiger partial charge is 0.381 e. The molecule has 0 aromatic heterocycles. The molecule has 0 aromatic carbocycles. The first-order valence-electron chi connectivity index (χ1n) is 9.74. The van der Waals surface area contributed by atoms with Crippen molar-refractivity contribution in [2.45, 2.75) is 19.3 Å². The lowest BCUT2D eigenvalue weighted by atomic mass is 9.97. The van der Waals surface area contributed by atoms with Gasteiger partial charge in [-0.25, -0.2) is 0 Å². The molecule has 2 fully saturated rings. The second-order valence-electron chi connectivity index (χ2n) is 6.59. The third-order valence-corrected chi connectivity index (χ3v) is 5.02. The van der Waals surface area contributed by atoms with Crippen LogP contribution in [0.15, 0.2) is 10.2 Å². The van der Waals surface area contributed by atoms with Gasteiger partial charge in [-0.1, -0.05) is 0 Å². The van der Waals surface area contributed by atoms with Gasteiger partial charge in [-0.2, -0.15) is 10.2 Å². The van der Waals surface area contributed by atoms with E-state index in [1.54, 1.807) is 0 Å². The summed E-state index contributed by atoms with van der Waals surface area (Å²) in [5.74, 6) is 0.720. The van der Waals surface area contributed by atoms with Gasteiger partial charge in [0.15, 0.2) is 10.2 Å². The summed E-state index contributed by atoms with van der Waals surface area (Å²) >= 11 is 10.3. The Morgan fingerprint density at radius 1 is 0.893 bits per heavy atom. The second kappa shape index (κ2) is 14.6. The summed E-state index contributed by atoms with van der Waals surface area (Å²) in [4.78, 5) is 2.33. The molecule has 0 amide bonds. The Bertz CT molecular complexity index is 476.